The second-order valence-electron chi connectivity index (χ2n) is 4.50. The highest BCUT2D eigenvalue weighted by atomic mass is 32.2. The van der Waals surface area contributed by atoms with Gasteiger partial charge in [-0.1, -0.05) is 11.8 Å². The lowest BCUT2D eigenvalue weighted by Crippen LogP contribution is -2.07. The number of rotatable bonds is 5. The van der Waals surface area contributed by atoms with Crippen LogP contribution in [-0.4, -0.2) is 41.6 Å². The third-order valence-electron chi connectivity index (χ3n) is 2.52. The Kier molecular flexibility index (Phi) is 4.33. The van der Waals surface area contributed by atoms with Gasteiger partial charge in [0.05, 0.1) is 17.6 Å². The van der Waals surface area contributed by atoms with Gasteiger partial charge in [-0.3, -0.25) is 14.3 Å². The first kappa shape index (κ1) is 14.4. The van der Waals surface area contributed by atoms with Crippen molar-refractivity contribution in [1.82, 2.24) is 24.7 Å². The smallest absolute Gasteiger partial charge is 0.313 e. The second-order valence-corrected chi connectivity index (χ2v) is 5.44. The second kappa shape index (κ2) is 6.00. The minimum Gasteiger partial charge on any atom is -0.481 e. The van der Waals surface area contributed by atoms with Crippen molar-refractivity contribution in [2.45, 2.75) is 32.0 Å². The molecule has 0 amide bonds. The van der Waals surface area contributed by atoms with E-state index in [1.165, 1.54) is 0 Å². The van der Waals surface area contributed by atoms with Gasteiger partial charge in [0.2, 0.25) is 0 Å². The topological polar surface area (TPSA) is 93.8 Å². The molecular weight excluding hydrogens is 278 g/mol. The molecule has 0 atom stereocenters. The molecule has 0 radical (unpaired) electrons. The Balaban J connectivity index is 2.38. The van der Waals surface area contributed by atoms with Gasteiger partial charge in [-0.2, -0.15) is 0 Å². The lowest BCUT2D eigenvalue weighted by Gasteiger charge is -2.12. The monoisotopic (exact) mass is 293 g/mol. The summed E-state index contributed by atoms with van der Waals surface area (Å²) in [5.41, 5.74) is 1.45. The fraction of sp³-hybridized carbons (Fsp3) is 0.417. The quantitative estimate of drug-likeness (QED) is 0.840. The number of hydrogen-bond donors (Lipinski definition) is 1. The summed E-state index contributed by atoms with van der Waals surface area (Å²) >= 11 is 1.14. The minimum atomic E-state index is -0.884. The molecule has 0 aliphatic rings. The summed E-state index contributed by atoms with van der Waals surface area (Å²) in [5, 5.41) is 17.5. The van der Waals surface area contributed by atoms with Crippen LogP contribution in [0.3, 0.4) is 0 Å². The van der Waals surface area contributed by atoms with Crippen molar-refractivity contribution in [3.63, 3.8) is 0 Å². The number of aryl methyl sites for hydroxylation is 1. The molecule has 7 nitrogen and oxygen atoms in total. The molecule has 0 aromatic carbocycles. The van der Waals surface area contributed by atoms with Gasteiger partial charge >= 0.3 is 5.97 Å². The molecule has 2 aromatic heterocycles. The molecule has 0 aliphatic carbocycles. The summed E-state index contributed by atoms with van der Waals surface area (Å²) in [6.07, 6.45) is 3.31. The summed E-state index contributed by atoms with van der Waals surface area (Å²) in [5.74, 6) is -0.338. The zero-order valence-corrected chi connectivity index (χ0v) is 12.3. The van der Waals surface area contributed by atoms with Crippen molar-refractivity contribution >= 4 is 17.7 Å². The number of carboxylic acid groups (broad SMARTS) is 1. The van der Waals surface area contributed by atoms with Gasteiger partial charge < -0.3 is 5.11 Å². The normalized spacial score (nSPS) is 11.0. The molecule has 0 unspecified atom stereocenters. The Bertz CT molecular complexity index is 609. The molecule has 0 saturated carbocycles. The molecule has 0 bridgehead atoms. The van der Waals surface area contributed by atoms with Gasteiger partial charge in [0, 0.05) is 12.2 Å². The summed E-state index contributed by atoms with van der Waals surface area (Å²) in [6, 6.07) is 0.0967. The van der Waals surface area contributed by atoms with Crippen LogP contribution in [0.2, 0.25) is 0 Å². The summed E-state index contributed by atoms with van der Waals surface area (Å²) in [7, 11) is 0. The molecule has 106 valence electrons. The van der Waals surface area contributed by atoms with E-state index in [-0.39, 0.29) is 11.8 Å². The molecule has 8 heteroatoms. The van der Waals surface area contributed by atoms with Gasteiger partial charge in [-0.05, 0) is 20.8 Å². The number of thioether (sulfide) groups is 1. The van der Waals surface area contributed by atoms with E-state index in [9.17, 15) is 4.79 Å². The van der Waals surface area contributed by atoms with Crippen molar-refractivity contribution in [2.24, 2.45) is 0 Å². The molecule has 0 fully saturated rings. The lowest BCUT2D eigenvalue weighted by molar-refractivity contribution is -0.133. The number of aliphatic carboxylic acids is 1. The molecule has 0 saturated heterocycles. The van der Waals surface area contributed by atoms with Gasteiger partial charge in [0.25, 0.3) is 0 Å². The average Bonchev–Trinajstić information content (AvgIpc) is 2.81. The molecule has 20 heavy (non-hydrogen) atoms. The molecule has 0 aliphatic heterocycles. The highest BCUT2D eigenvalue weighted by Gasteiger charge is 2.18. The maximum Gasteiger partial charge on any atom is 0.313 e. The number of carbonyl (C=O) groups is 1. The maximum absolute atomic E-state index is 10.7. The van der Waals surface area contributed by atoms with Crippen molar-refractivity contribution < 1.29 is 9.90 Å². The van der Waals surface area contributed by atoms with Crippen LogP contribution < -0.4 is 0 Å². The SMILES string of the molecule is Cc1cnc(-c2nnc(SCC(=O)O)n2C(C)C)cn1. The zero-order chi connectivity index (χ0) is 14.7. The molecule has 1 N–H and O–H groups in total. The standard InChI is InChI=1S/C12H15N5O2S/c1-7(2)17-11(9-5-13-8(3)4-14-9)15-16-12(17)20-6-10(18)19/h4-5,7H,6H2,1-3H3,(H,18,19). The Hall–Kier alpha value is -1.96. The predicted octanol–water partition coefficient (Wildman–Crippen LogP) is 1.80. The number of nitrogens with zero attached hydrogens (tertiary/aromatic N) is 5. The maximum atomic E-state index is 10.7. The van der Waals surface area contributed by atoms with Gasteiger partial charge in [-0.15, -0.1) is 10.2 Å². The highest BCUT2D eigenvalue weighted by Crippen LogP contribution is 2.26. The first-order valence-corrected chi connectivity index (χ1v) is 7.06. The van der Waals surface area contributed by atoms with E-state index >= 15 is 0 Å². The van der Waals surface area contributed by atoms with Crippen LogP contribution in [0.1, 0.15) is 25.6 Å². The molecule has 2 rings (SSSR count). The first-order chi connectivity index (χ1) is 9.49. The molecule has 0 spiro atoms. The summed E-state index contributed by atoms with van der Waals surface area (Å²) in [6.45, 7) is 5.83. The van der Waals surface area contributed by atoms with Crippen molar-refractivity contribution in [1.29, 1.82) is 0 Å². The summed E-state index contributed by atoms with van der Waals surface area (Å²) < 4.78 is 1.87. The van der Waals surface area contributed by atoms with Crippen molar-refractivity contribution in [3.8, 4) is 11.5 Å². The van der Waals surface area contributed by atoms with Crippen LogP contribution in [0, 0.1) is 6.92 Å². The van der Waals surface area contributed by atoms with E-state index in [2.05, 4.69) is 20.2 Å². The third-order valence-corrected chi connectivity index (χ3v) is 3.44. The van der Waals surface area contributed by atoms with Crippen molar-refractivity contribution in [2.75, 3.05) is 5.75 Å². The van der Waals surface area contributed by atoms with Gasteiger partial charge in [0.1, 0.15) is 5.69 Å². The van der Waals surface area contributed by atoms with E-state index in [1.807, 2.05) is 25.3 Å². The molecular formula is C12H15N5O2S. The van der Waals surface area contributed by atoms with E-state index < -0.39 is 5.97 Å². The third kappa shape index (κ3) is 3.13. The Labute approximate surface area is 120 Å². The Morgan fingerprint density at radius 1 is 1.35 bits per heavy atom. The van der Waals surface area contributed by atoms with Crippen LogP contribution in [-0.2, 0) is 4.79 Å². The molecule has 2 heterocycles. The van der Waals surface area contributed by atoms with Crippen molar-refractivity contribution in [3.05, 3.63) is 18.1 Å². The number of hydrogen-bond acceptors (Lipinski definition) is 6. The van der Waals surface area contributed by atoms with Crippen LogP contribution in [0.15, 0.2) is 17.6 Å². The minimum absolute atomic E-state index is 0.0512. The number of aromatic nitrogens is 5. The summed E-state index contributed by atoms with van der Waals surface area (Å²) in [4.78, 5) is 19.2. The highest BCUT2D eigenvalue weighted by molar-refractivity contribution is 7.99. The van der Waals surface area contributed by atoms with E-state index in [0.29, 0.717) is 16.7 Å². The fourth-order valence-electron chi connectivity index (χ4n) is 1.65. The molecule has 2 aromatic rings. The Morgan fingerprint density at radius 2 is 2.10 bits per heavy atom. The Morgan fingerprint density at radius 3 is 2.65 bits per heavy atom. The van der Waals surface area contributed by atoms with E-state index in [4.69, 9.17) is 5.11 Å². The van der Waals surface area contributed by atoms with Crippen LogP contribution in [0.25, 0.3) is 11.5 Å². The fourth-order valence-corrected chi connectivity index (χ4v) is 2.44. The predicted molar refractivity (Wildman–Crippen MR) is 74.5 cm³/mol. The zero-order valence-electron chi connectivity index (χ0n) is 11.4. The van der Waals surface area contributed by atoms with E-state index in [1.54, 1.807) is 12.4 Å². The van der Waals surface area contributed by atoms with E-state index in [0.717, 1.165) is 17.5 Å². The number of carboxylic acids is 1. The van der Waals surface area contributed by atoms with Crippen LogP contribution >= 0.6 is 11.8 Å². The van der Waals surface area contributed by atoms with Crippen LogP contribution in [0.5, 0.6) is 0 Å². The van der Waals surface area contributed by atoms with Gasteiger partial charge in [0.15, 0.2) is 11.0 Å². The first-order valence-electron chi connectivity index (χ1n) is 6.07. The average molecular weight is 293 g/mol. The largest absolute Gasteiger partial charge is 0.481 e. The van der Waals surface area contributed by atoms with Crippen LogP contribution in [0.4, 0.5) is 0 Å². The van der Waals surface area contributed by atoms with Gasteiger partial charge in [-0.25, -0.2) is 4.98 Å². The lowest BCUT2D eigenvalue weighted by atomic mass is 10.3.